The molecule has 14 heteroatoms. The molecule has 0 aliphatic carbocycles. The molecular weight excluding hydrogens is 420 g/mol. The number of non-ortho nitro benzene ring substituents is 2. The van der Waals surface area contributed by atoms with E-state index in [1.807, 2.05) is 0 Å². The highest BCUT2D eigenvalue weighted by molar-refractivity contribution is 5.94. The van der Waals surface area contributed by atoms with Crippen LogP contribution in [-0.2, 0) is 18.9 Å². The smallest absolute Gasteiger partial charge is 0.434 e. The molecule has 2 rings (SSSR count). The highest BCUT2D eigenvalue weighted by atomic mass is 16.7. The molecule has 166 valence electrons. The van der Waals surface area contributed by atoms with Crippen LogP contribution in [0, 0.1) is 20.2 Å². The maximum atomic E-state index is 11.9. The first-order valence-electron chi connectivity index (χ1n) is 8.85. The SMILES string of the molecule is CCOC(=O)OC1=NNC(C)=C(OC(=O)OCC)C1c1cc([N+](=O)[O-])cc([N+](=O)[O-])c1. The van der Waals surface area contributed by atoms with E-state index in [2.05, 4.69) is 10.5 Å². The van der Waals surface area contributed by atoms with Gasteiger partial charge in [-0.2, -0.15) is 0 Å². The number of hydrazone groups is 1. The fourth-order valence-corrected chi connectivity index (χ4v) is 2.56. The number of allylic oxidation sites excluding steroid dienone is 1. The second kappa shape index (κ2) is 10.00. The number of nitrogens with one attached hydrogen (secondary N) is 1. The van der Waals surface area contributed by atoms with E-state index in [1.165, 1.54) is 13.8 Å². The van der Waals surface area contributed by atoms with Gasteiger partial charge in [0.15, 0.2) is 0 Å². The van der Waals surface area contributed by atoms with Crippen molar-refractivity contribution >= 4 is 29.6 Å². The third-order valence-electron chi connectivity index (χ3n) is 3.80. The predicted octanol–water partition coefficient (Wildman–Crippen LogP) is 3.08. The first-order chi connectivity index (χ1) is 14.7. The van der Waals surface area contributed by atoms with Crippen molar-refractivity contribution in [1.29, 1.82) is 0 Å². The van der Waals surface area contributed by atoms with Gasteiger partial charge in [-0.15, -0.1) is 5.10 Å². The molecule has 1 aliphatic heterocycles. The number of carbonyl (C=O) groups excluding carboxylic acids is 2. The van der Waals surface area contributed by atoms with Crippen LogP contribution in [0.25, 0.3) is 0 Å². The zero-order chi connectivity index (χ0) is 23.1. The highest BCUT2D eigenvalue weighted by Gasteiger charge is 2.37. The molecule has 1 aromatic rings. The number of hydrogen-bond donors (Lipinski definition) is 1. The minimum absolute atomic E-state index is 0.00813. The Hall–Kier alpha value is -4.23. The van der Waals surface area contributed by atoms with Crippen LogP contribution < -0.4 is 5.43 Å². The van der Waals surface area contributed by atoms with E-state index < -0.39 is 45.3 Å². The maximum absolute atomic E-state index is 11.9. The summed E-state index contributed by atoms with van der Waals surface area (Å²) in [6.07, 6.45) is -2.26. The van der Waals surface area contributed by atoms with Crippen molar-refractivity contribution < 1.29 is 38.4 Å². The van der Waals surface area contributed by atoms with Gasteiger partial charge < -0.3 is 18.9 Å². The zero-order valence-corrected chi connectivity index (χ0v) is 16.6. The second-order valence-electron chi connectivity index (χ2n) is 5.85. The van der Waals surface area contributed by atoms with Gasteiger partial charge in [0, 0.05) is 12.1 Å². The van der Waals surface area contributed by atoms with Crippen LogP contribution in [0.4, 0.5) is 21.0 Å². The Kier molecular flexibility index (Phi) is 7.43. The van der Waals surface area contributed by atoms with Crippen LogP contribution >= 0.6 is 0 Å². The van der Waals surface area contributed by atoms with Gasteiger partial charge in [-0.3, -0.25) is 25.7 Å². The van der Waals surface area contributed by atoms with Crippen LogP contribution in [0.1, 0.15) is 32.3 Å². The Morgan fingerprint density at radius 2 is 1.52 bits per heavy atom. The monoisotopic (exact) mass is 438 g/mol. The Labute approximate surface area is 174 Å². The lowest BCUT2D eigenvalue weighted by Crippen LogP contribution is -2.32. The number of carbonyl (C=O) groups is 2. The fraction of sp³-hybridized carbons (Fsp3) is 0.353. The molecule has 1 atom stereocenters. The molecule has 0 bridgehead atoms. The molecule has 0 saturated heterocycles. The van der Waals surface area contributed by atoms with E-state index in [0.29, 0.717) is 0 Å². The predicted molar refractivity (Wildman–Crippen MR) is 102 cm³/mol. The van der Waals surface area contributed by atoms with E-state index in [1.54, 1.807) is 6.92 Å². The standard InChI is InChI=1S/C17H18N4O10/c1-4-28-16(22)30-14-9(3)18-19-15(31-17(23)29-5-2)13(14)10-6-11(20(24)25)8-12(7-10)21(26)27/h6-8,13,18H,4-5H2,1-3H3. The number of nitrogens with zero attached hydrogens (tertiary/aromatic N) is 3. The summed E-state index contributed by atoms with van der Waals surface area (Å²) >= 11 is 0. The van der Waals surface area contributed by atoms with Crippen LogP contribution in [-0.4, -0.2) is 41.3 Å². The number of rotatable bonds is 6. The summed E-state index contributed by atoms with van der Waals surface area (Å²) in [4.78, 5) is 44.7. The Bertz CT molecular complexity index is 939. The number of nitro benzene ring substituents is 2. The van der Waals surface area contributed by atoms with Crippen molar-refractivity contribution in [2.24, 2.45) is 5.10 Å². The lowest BCUT2D eigenvalue weighted by molar-refractivity contribution is -0.394. The van der Waals surface area contributed by atoms with E-state index in [-0.39, 0.29) is 30.2 Å². The molecule has 0 spiro atoms. The van der Waals surface area contributed by atoms with Gasteiger partial charge in [0.1, 0.15) is 11.7 Å². The van der Waals surface area contributed by atoms with Gasteiger partial charge in [0.25, 0.3) is 11.4 Å². The lowest BCUT2D eigenvalue weighted by Gasteiger charge is -2.26. The molecule has 0 radical (unpaired) electrons. The van der Waals surface area contributed by atoms with E-state index in [9.17, 15) is 29.8 Å². The summed E-state index contributed by atoms with van der Waals surface area (Å²) in [5, 5.41) is 26.4. The summed E-state index contributed by atoms with van der Waals surface area (Å²) < 4.78 is 19.7. The number of nitro groups is 2. The molecule has 0 saturated carbocycles. The first kappa shape index (κ1) is 23.1. The summed E-state index contributed by atoms with van der Waals surface area (Å²) in [5.41, 5.74) is 1.35. The fourth-order valence-electron chi connectivity index (χ4n) is 2.56. The van der Waals surface area contributed by atoms with Crippen LogP contribution in [0.2, 0.25) is 0 Å². The highest BCUT2D eigenvalue weighted by Crippen LogP contribution is 2.36. The summed E-state index contributed by atoms with van der Waals surface area (Å²) in [6.45, 7) is 4.50. The first-order valence-corrected chi connectivity index (χ1v) is 8.85. The van der Waals surface area contributed by atoms with E-state index >= 15 is 0 Å². The largest absolute Gasteiger partial charge is 0.515 e. The van der Waals surface area contributed by atoms with Gasteiger partial charge in [-0.1, -0.05) is 0 Å². The van der Waals surface area contributed by atoms with Crippen molar-refractivity contribution in [2.75, 3.05) is 13.2 Å². The summed E-state index contributed by atoms with van der Waals surface area (Å²) in [5.74, 6) is -1.95. The Morgan fingerprint density at radius 3 is 2.00 bits per heavy atom. The molecule has 1 N–H and O–H groups in total. The van der Waals surface area contributed by atoms with Crippen LogP contribution in [0.5, 0.6) is 0 Å². The molecule has 0 amide bonds. The quantitative estimate of drug-likeness (QED) is 0.391. The van der Waals surface area contributed by atoms with Crippen molar-refractivity contribution in [3.05, 3.63) is 55.4 Å². The number of benzene rings is 1. The number of hydrogen-bond acceptors (Lipinski definition) is 12. The average Bonchev–Trinajstić information content (AvgIpc) is 2.70. The molecule has 14 nitrogen and oxygen atoms in total. The molecule has 31 heavy (non-hydrogen) atoms. The topological polar surface area (TPSA) is 182 Å². The van der Waals surface area contributed by atoms with Crippen molar-refractivity contribution in [1.82, 2.24) is 5.43 Å². The van der Waals surface area contributed by atoms with Crippen molar-refractivity contribution in [3.63, 3.8) is 0 Å². The Morgan fingerprint density at radius 1 is 1.00 bits per heavy atom. The van der Waals surface area contributed by atoms with Crippen molar-refractivity contribution in [3.8, 4) is 0 Å². The summed E-state index contributed by atoms with van der Waals surface area (Å²) in [6, 6.07) is 2.78. The van der Waals surface area contributed by atoms with Crippen LogP contribution in [0.3, 0.4) is 0 Å². The second-order valence-corrected chi connectivity index (χ2v) is 5.85. The minimum atomic E-state index is -1.34. The summed E-state index contributed by atoms with van der Waals surface area (Å²) in [7, 11) is 0. The number of ether oxygens (including phenoxy) is 4. The molecule has 0 aromatic heterocycles. The van der Waals surface area contributed by atoms with Gasteiger partial charge in [-0.05, 0) is 26.3 Å². The lowest BCUT2D eigenvalue weighted by atomic mass is 9.93. The minimum Gasteiger partial charge on any atom is -0.434 e. The maximum Gasteiger partial charge on any atom is 0.515 e. The average molecular weight is 438 g/mol. The molecule has 0 fully saturated rings. The molecular formula is C17H18N4O10. The van der Waals surface area contributed by atoms with Crippen molar-refractivity contribution in [2.45, 2.75) is 26.7 Å². The molecule has 1 heterocycles. The molecule has 1 unspecified atom stereocenters. The van der Waals surface area contributed by atoms with E-state index in [4.69, 9.17) is 18.9 Å². The third kappa shape index (κ3) is 5.65. The normalized spacial score (nSPS) is 15.3. The zero-order valence-electron chi connectivity index (χ0n) is 16.6. The van der Waals surface area contributed by atoms with E-state index in [0.717, 1.165) is 18.2 Å². The third-order valence-corrected chi connectivity index (χ3v) is 3.80. The van der Waals surface area contributed by atoms with Gasteiger partial charge in [0.05, 0.1) is 34.8 Å². The van der Waals surface area contributed by atoms with Crippen LogP contribution in [0.15, 0.2) is 34.8 Å². The molecule has 1 aliphatic rings. The Balaban J connectivity index is 2.62. The van der Waals surface area contributed by atoms with Gasteiger partial charge in [0.2, 0.25) is 5.90 Å². The van der Waals surface area contributed by atoms with Gasteiger partial charge >= 0.3 is 12.3 Å². The molecule has 1 aromatic carbocycles. The van der Waals surface area contributed by atoms with Gasteiger partial charge in [-0.25, -0.2) is 9.59 Å².